The van der Waals surface area contributed by atoms with Gasteiger partial charge in [-0.05, 0) is 55.5 Å². The van der Waals surface area contributed by atoms with E-state index < -0.39 is 29.1 Å². The highest BCUT2D eigenvalue weighted by molar-refractivity contribution is 6.30. The summed E-state index contributed by atoms with van der Waals surface area (Å²) in [6, 6.07) is 15.7. The number of aliphatic hydroxyl groups excluding tert-OH is 1. The van der Waals surface area contributed by atoms with Gasteiger partial charge in [0.25, 0.3) is 5.91 Å². The number of aliphatic hydroxyl groups is 1. The Morgan fingerprint density at radius 2 is 1.77 bits per heavy atom. The van der Waals surface area contributed by atoms with Crippen LogP contribution in [0.15, 0.2) is 79.9 Å². The minimum absolute atomic E-state index is 0.0933. The number of hydrogen-bond donors (Lipinski definition) is 1. The summed E-state index contributed by atoms with van der Waals surface area (Å²) in [5.41, 5.74) is -0.564. The molecule has 1 spiro atoms. The van der Waals surface area contributed by atoms with Crippen molar-refractivity contribution < 1.29 is 24.2 Å². The third kappa shape index (κ3) is 5.19. The van der Waals surface area contributed by atoms with Crippen molar-refractivity contribution in [2.24, 2.45) is 17.8 Å². The second-order valence-corrected chi connectivity index (χ2v) is 12.5. The number of benzene rings is 2. The first-order chi connectivity index (χ1) is 20.6. The van der Waals surface area contributed by atoms with Crippen LogP contribution in [0.25, 0.3) is 0 Å². The predicted octanol–water partition coefficient (Wildman–Crippen LogP) is 4.47. The molecule has 5 rings (SSSR count). The lowest BCUT2D eigenvalue weighted by Gasteiger charge is -2.39. The zero-order valence-electron chi connectivity index (χ0n) is 24.8. The lowest BCUT2D eigenvalue weighted by molar-refractivity contribution is -0.151. The zero-order chi connectivity index (χ0) is 30.9. The van der Waals surface area contributed by atoms with E-state index in [-0.39, 0.29) is 43.3 Å². The Hall–Kier alpha value is -3.46. The van der Waals surface area contributed by atoms with Crippen LogP contribution >= 0.6 is 11.6 Å². The SMILES string of the molecule is C=CCN(Cc1ccccc1)C(=O)[C@@H]1[C@H]2C(=O)N(CCCO)C(C(=O)N(CC=C)c3ccc(Cl)cc3)C23CC(C)[C@@]1(C)O3. The molecule has 2 aromatic rings. The standard InChI is InChI=1S/C34H40ClN3O5/c1-5-17-36(22-24-11-8-7-9-12-24)30(40)27-28-31(41)38(19-10-20-39)29(34(28)21-23(3)33(27,4)43-34)32(42)37(18-6-2)26-15-13-25(35)14-16-26/h5-9,11-16,23,27-29,39H,1-2,10,17-22H2,3-4H3/t23?,27-,28-,29?,33+,34?/m0/s1. The molecule has 3 aliphatic heterocycles. The first kappa shape index (κ1) is 31.0. The number of hydrogen-bond acceptors (Lipinski definition) is 5. The van der Waals surface area contributed by atoms with Crippen LogP contribution in [-0.4, -0.2) is 76.1 Å². The Balaban J connectivity index is 1.58. The van der Waals surface area contributed by atoms with Crippen LogP contribution in [0.5, 0.6) is 0 Å². The summed E-state index contributed by atoms with van der Waals surface area (Å²) in [5.74, 6) is -2.50. The minimum Gasteiger partial charge on any atom is -0.396 e. The Labute approximate surface area is 258 Å². The van der Waals surface area contributed by atoms with Gasteiger partial charge in [-0.2, -0.15) is 0 Å². The van der Waals surface area contributed by atoms with Crippen LogP contribution in [0, 0.1) is 17.8 Å². The average molecular weight is 606 g/mol. The van der Waals surface area contributed by atoms with Gasteiger partial charge in [0.1, 0.15) is 11.6 Å². The van der Waals surface area contributed by atoms with Crippen LogP contribution in [0.1, 0.15) is 32.3 Å². The summed E-state index contributed by atoms with van der Waals surface area (Å²) in [5, 5.41) is 10.2. The first-order valence-electron chi connectivity index (χ1n) is 14.9. The summed E-state index contributed by atoms with van der Waals surface area (Å²) in [7, 11) is 0. The van der Waals surface area contributed by atoms with E-state index in [2.05, 4.69) is 13.2 Å². The molecule has 3 amide bonds. The Morgan fingerprint density at radius 1 is 1.09 bits per heavy atom. The number of amides is 3. The number of halogens is 1. The molecule has 3 aliphatic rings. The molecule has 0 aliphatic carbocycles. The van der Waals surface area contributed by atoms with Gasteiger partial charge in [-0.25, -0.2) is 0 Å². The molecule has 0 saturated carbocycles. The van der Waals surface area contributed by atoms with Crippen LogP contribution < -0.4 is 4.90 Å². The largest absolute Gasteiger partial charge is 0.396 e. The summed E-state index contributed by atoms with van der Waals surface area (Å²) in [4.78, 5) is 48.4. The van der Waals surface area contributed by atoms with E-state index in [4.69, 9.17) is 16.3 Å². The molecule has 2 aromatic carbocycles. The molecular weight excluding hydrogens is 566 g/mol. The zero-order valence-corrected chi connectivity index (χ0v) is 25.6. The van der Waals surface area contributed by atoms with E-state index in [9.17, 15) is 19.5 Å². The second-order valence-electron chi connectivity index (χ2n) is 12.0. The average Bonchev–Trinajstić information content (AvgIpc) is 3.51. The number of fused-ring (bicyclic) bond motifs is 1. The van der Waals surface area contributed by atoms with Gasteiger partial charge in [0, 0.05) is 43.5 Å². The van der Waals surface area contributed by atoms with Gasteiger partial charge in [-0.15, -0.1) is 13.2 Å². The lowest BCUT2D eigenvalue weighted by atomic mass is 9.62. The number of anilines is 1. The number of carbonyl (C=O) groups excluding carboxylic acids is 3. The Morgan fingerprint density at radius 3 is 2.40 bits per heavy atom. The number of rotatable bonds is 12. The fourth-order valence-corrected chi connectivity index (χ4v) is 7.61. The van der Waals surface area contributed by atoms with E-state index in [1.807, 2.05) is 44.2 Å². The number of ether oxygens (including phenoxy) is 1. The molecule has 3 fully saturated rings. The van der Waals surface area contributed by atoms with Crippen molar-refractivity contribution >= 4 is 35.0 Å². The fourth-order valence-electron chi connectivity index (χ4n) is 7.48. The van der Waals surface area contributed by atoms with Crippen LogP contribution in [0.4, 0.5) is 5.69 Å². The van der Waals surface area contributed by atoms with E-state index in [1.165, 1.54) is 0 Å². The molecule has 2 bridgehead atoms. The van der Waals surface area contributed by atoms with Crippen molar-refractivity contribution in [3.63, 3.8) is 0 Å². The summed E-state index contributed by atoms with van der Waals surface area (Å²) >= 11 is 6.14. The second kappa shape index (κ2) is 12.3. The lowest BCUT2D eigenvalue weighted by Crippen LogP contribution is -2.57. The van der Waals surface area contributed by atoms with Gasteiger partial charge in [0.2, 0.25) is 11.8 Å². The number of nitrogens with zero attached hydrogens (tertiary/aromatic N) is 3. The monoisotopic (exact) mass is 605 g/mol. The van der Waals surface area contributed by atoms with Gasteiger partial charge < -0.3 is 24.5 Å². The van der Waals surface area contributed by atoms with Crippen molar-refractivity contribution in [3.05, 3.63) is 90.5 Å². The molecule has 0 radical (unpaired) electrons. The molecule has 43 heavy (non-hydrogen) atoms. The molecule has 3 unspecified atom stereocenters. The van der Waals surface area contributed by atoms with Crippen molar-refractivity contribution in [3.8, 4) is 0 Å². The van der Waals surface area contributed by atoms with Gasteiger partial charge in [0.05, 0.1) is 17.4 Å². The number of likely N-dealkylation sites (tertiary alicyclic amines) is 1. The van der Waals surface area contributed by atoms with Crippen LogP contribution in [0.2, 0.25) is 5.02 Å². The molecule has 8 nitrogen and oxygen atoms in total. The van der Waals surface area contributed by atoms with Crippen molar-refractivity contribution in [2.45, 2.75) is 50.5 Å². The Bertz CT molecular complexity index is 1380. The topological polar surface area (TPSA) is 90.4 Å². The number of carbonyl (C=O) groups is 3. The van der Waals surface area contributed by atoms with Crippen molar-refractivity contribution in [1.82, 2.24) is 9.80 Å². The predicted molar refractivity (Wildman–Crippen MR) is 166 cm³/mol. The summed E-state index contributed by atoms with van der Waals surface area (Å²) < 4.78 is 6.90. The molecule has 1 N–H and O–H groups in total. The van der Waals surface area contributed by atoms with Crippen molar-refractivity contribution in [2.75, 3.05) is 31.1 Å². The molecule has 0 aromatic heterocycles. The molecule has 228 valence electrons. The van der Waals surface area contributed by atoms with Gasteiger partial charge in [0.15, 0.2) is 0 Å². The highest BCUT2D eigenvalue weighted by Gasteiger charge is 2.80. The van der Waals surface area contributed by atoms with Gasteiger partial charge in [-0.1, -0.05) is 61.0 Å². The minimum atomic E-state index is -1.20. The quantitative estimate of drug-likeness (QED) is 0.361. The smallest absolute Gasteiger partial charge is 0.253 e. The molecule has 3 saturated heterocycles. The maximum Gasteiger partial charge on any atom is 0.253 e. The van der Waals surface area contributed by atoms with Crippen LogP contribution in [-0.2, 0) is 25.7 Å². The molecular formula is C34H40ClN3O5. The highest BCUT2D eigenvalue weighted by Crippen LogP contribution is 2.65. The Kier molecular flexibility index (Phi) is 8.84. The van der Waals surface area contributed by atoms with E-state index >= 15 is 0 Å². The maximum atomic E-state index is 14.6. The fraction of sp³-hybridized carbons (Fsp3) is 0.441. The highest BCUT2D eigenvalue weighted by atomic mass is 35.5. The van der Waals surface area contributed by atoms with Crippen LogP contribution in [0.3, 0.4) is 0 Å². The van der Waals surface area contributed by atoms with E-state index in [0.717, 1.165) is 5.56 Å². The molecule has 6 atom stereocenters. The first-order valence-corrected chi connectivity index (χ1v) is 15.2. The van der Waals surface area contributed by atoms with E-state index in [1.54, 1.807) is 51.1 Å². The normalized spacial score (nSPS) is 28.9. The van der Waals surface area contributed by atoms with Crippen molar-refractivity contribution in [1.29, 1.82) is 0 Å². The third-order valence-corrected chi connectivity index (χ3v) is 9.72. The summed E-state index contributed by atoms with van der Waals surface area (Å²) in [6.45, 7) is 12.6. The van der Waals surface area contributed by atoms with Gasteiger partial charge >= 0.3 is 0 Å². The van der Waals surface area contributed by atoms with Gasteiger partial charge in [-0.3, -0.25) is 14.4 Å². The summed E-state index contributed by atoms with van der Waals surface area (Å²) in [6.07, 6.45) is 4.07. The maximum absolute atomic E-state index is 14.6. The van der Waals surface area contributed by atoms with E-state index in [0.29, 0.717) is 36.6 Å². The molecule has 9 heteroatoms. The third-order valence-electron chi connectivity index (χ3n) is 9.47. The molecule has 3 heterocycles.